The second kappa shape index (κ2) is 9.61. The summed E-state index contributed by atoms with van der Waals surface area (Å²) in [6, 6.07) is 12.8. The molecule has 1 heterocycles. The highest BCUT2D eigenvalue weighted by Crippen LogP contribution is 2.34. The third-order valence-corrected chi connectivity index (χ3v) is 5.84. The molecule has 0 amide bonds. The van der Waals surface area contributed by atoms with E-state index in [4.69, 9.17) is 23.2 Å². The van der Waals surface area contributed by atoms with Crippen molar-refractivity contribution in [1.29, 1.82) is 0 Å². The van der Waals surface area contributed by atoms with Crippen LogP contribution in [0.2, 0.25) is 10.3 Å². The summed E-state index contributed by atoms with van der Waals surface area (Å²) in [5, 5.41) is 3.33. The summed E-state index contributed by atoms with van der Waals surface area (Å²) in [6.07, 6.45) is 8.88. The Morgan fingerprint density at radius 1 is 0.926 bits per heavy atom. The molecule has 0 aliphatic carbocycles. The summed E-state index contributed by atoms with van der Waals surface area (Å²) in [5.74, 6) is 0.871. The average molecular weight is 403 g/mol. The molecule has 2 nitrogen and oxygen atoms in total. The molecule has 0 aliphatic rings. The number of aromatic nitrogens is 2. The lowest BCUT2D eigenvalue weighted by Gasteiger charge is -2.12. The van der Waals surface area contributed by atoms with Gasteiger partial charge in [-0.05, 0) is 35.7 Å². The average Bonchev–Trinajstić information content (AvgIpc) is 2.94. The van der Waals surface area contributed by atoms with E-state index >= 15 is 0 Å². The number of halogens is 2. The predicted octanol–water partition coefficient (Wildman–Crippen LogP) is 8.07. The van der Waals surface area contributed by atoms with Crippen molar-refractivity contribution >= 4 is 34.0 Å². The molecule has 0 spiro atoms. The number of hydrogen-bond donors (Lipinski definition) is 0. The van der Waals surface area contributed by atoms with Gasteiger partial charge in [-0.2, -0.15) is 0 Å². The van der Waals surface area contributed by atoms with Gasteiger partial charge in [-0.25, -0.2) is 4.98 Å². The Kier molecular flexibility index (Phi) is 7.20. The minimum absolute atomic E-state index is 0.389. The molecule has 0 saturated heterocycles. The van der Waals surface area contributed by atoms with Gasteiger partial charge in [0.15, 0.2) is 5.15 Å². The first-order valence-electron chi connectivity index (χ1n) is 10.0. The van der Waals surface area contributed by atoms with Crippen LogP contribution in [0.4, 0.5) is 0 Å². The largest absolute Gasteiger partial charge is 0.314 e. The number of hydrogen-bond acceptors (Lipinski definition) is 1. The van der Waals surface area contributed by atoms with E-state index in [2.05, 4.69) is 59.8 Å². The fraction of sp³-hybridized carbons (Fsp3) is 0.435. The van der Waals surface area contributed by atoms with Gasteiger partial charge in [0, 0.05) is 12.1 Å². The van der Waals surface area contributed by atoms with Crippen molar-refractivity contribution in [2.75, 3.05) is 0 Å². The zero-order valence-corrected chi connectivity index (χ0v) is 17.8. The lowest BCUT2D eigenvalue weighted by Crippen LogP contribution is -2.02. The topological polar surface area (TPSA) is 17.8 Å². The molecule has 2 aromatic carbocycles. The van der Waals surface area contributed by atoms with Gasteiger partial charge >= 0.3 is 0 Å². The third-order valence-electron chi connectivity index (χ3n) is 5.10. The first kappa shape index (κ1) is 20.2. The predicted molar refractivity (Wildman–Crippen MR) is 118 cm³/mol. The molecule has 0 N–H and O–H groups in total. The number of rotatable bonds is 9. The van der Waals surface area contributed by atoms with Gasteiger partial charge in [0.25, 0.3) is 0 Å². The smallest absolute Gasteiger partial charge is 0.166 e. The molecule has 0 unspecified atom stereocenters. The molecule has 0 radical (unpaired) electrons. The summed E-state index contributed by atoms with van der Waals surface area (Å²) >= 11 is 12.8. The molecule has 3 aromatic rings. The van der Waals surface area contributed by atoms with Crippen LogP contribution in [-0.2, 0) is 6.54 Å². The molecule has 1 aromatic heterocycles. The van der Waals surface area contributed by atoms with Crippen LogP contribution in [0.3, 0.4) is 0 Å². The Morgan fingerprint density at radius 3 is 2.41 bits per heavy atom. The van der Waals surface area contributed by atoms with E-state index in [-0.39, 0.29) is 0 Å². The monoisotopic (exact) mass is 402 g/mol. The van der Waals surface area contributed by atoms with E-state index in [1.165, 1.54) is 54.9 Å². The van der Waals surface area contributed by atoms with E-state index in [9.17, 15) is 0 Å². The maximum absolute atomic E-state index is 6.50. The summed E-state index contributed by atoms with van der Waals surface area (Å²) in [6.45, 7) is 5.22. The second-order valence-corrected chi connectivity index (χ2v) is 8.04. The van der Waals surface area contributed by atoms with Gasteiger partial charge in [-0.3, -0.25) is 0 Å². The zero-order valence-electron chi connectivity index (χ0n) is 16.3. The van der Waals surface area contributed by atoms with Crippen molar-refractivity contribution in [3.05, 3.63) is 52.3 Å². The molecule has 0 fully saturated rings. The van der Waals surface area contributed by atoms with Gasteiger partial charge in [0.2, 0.25) is 0 Å². The van der Waals surface area contributed by atoms with E-state index in [1.54, 1.807) is 0 Å². The van der Waals surface area contributed by atoms with Crippen molar-refractivity contribution in [2.45, 2.75) is 65.3 Å². The number of nitrogens with zero attached hydrogens (tertiary/aromatic N) is 2. The van der Waals surface area contributed by atoms with E-state index in [0.29, 0.717) is 10.3 Å². The highest BCUT2D eigenvalue weighted by molar-refractivity contribution is 6.40. The molecule has 0 bridgehead atoms. The summed E-state index contributed by atoms with van der Waals surface area (Å²) in [4.78, 5) is 4.61. The van der Waals surface area contributed by atoms with Crippen molar-refractivity contribution in [1.82, 2.24) is 9.55 Å². The lowest BCUT2D eigenvalue weighted by molar-refractivity contribution is 0.552. The number of unbranched alkanes of at least 4 members (excludes halogenated alkanes) is 6. The van der Waals surface area contributed by atoms with Crippen LogP contribution in [0.1, 0.15) is 57.4 Å². The number of imidazole rings is 1. The zero-order chi connectivity index (χ0) is 19.2. The Balaban J connectivity index is 1.82. The van der Waals surface area contributed by atoms with Gasteiger partial charge in [-0.1, -0.05) is 99.0 Å². The van der Waals surface area contributed by atoms with Crippen molar-refractivity contribution in [3.63, 3.8) is 0 Å². The lowest BCUT2D eigenvalue weighted by atomic mass is 10.0. The van der Waals surface area contributed by atoms with E-state index < -0.39 is 0 Å². The molecule has 144 valence electrons. The van der Waals surface area contributed by atoms with Crippen molar-refractivity contribution in [3.8, 4) is 11.4 Å². The minimum atomic E-state index is 0.389. The van der Waals surface area contributed by atoms with Crippen LogP contribution >= 0.6 is 23.2 Å². The summed E-state index contributed by atoms with van der Waals surface area (Å²) in [7, 11) is 0. The van der Waals surface area contributed by atoms with Gasteiger partial charge in [0.1, 0.15) is 11.0 Å². The van der Waals surface area contributed by atoms with Crippen LogP contribution in [0.25, 0.3) is 22.2 Å². The molecular weight excluding hydrogens is 375 g/mol. The maximum atomic E-state index is 6.50. The first-order valence-corrected chi connectivity index (χ1v) is 10.8. The quantitative estimate of drug-likeness (QED) is 0.330. The molecule has 0 saturated carbocycles. The van der Waals surface area contributed by atoms with Crippen LogP contribution < -0.4 is 0 Å². The molecule has 4 heteroatoms. The Hall–Kier alpha value is -1.51. The highest BCUT2D eigenvalue weighted by Gasteiger charge is 2.17. The number of benzene rings is 2. The minimum Gasteiger partial charge on any atom is -0.314 e. The fourth-order valence-electron chi connectivity index (χ4n) is 3.69. The van der Waals surface area contributed by atoms with E-state index in [0.717, 1.165) is 24.4 Å². The SMILES string of the molecule is CCCCCCCCCn1c(-c2cc(C)cc3ccccc23)nc(Cl)c1Cl. The maximum Gasteiger partial charge on any atom is 0.166 e. The number of fused-ring (bicyclic) bond motifs is 1. The van der Waals surface area contributed by atoms with Crippen LogP contribution in [0.15, 0.2) is 36.4 Å². The highest BCUT2D eigenvalue weighted by atomic mass is 35.5. The summed E-state index contributed by atoms with van der Waals surface area (Å²) < 4.78 is 2.08. The molecule has 0 atom stereocenters. The number of aryl methyl sites for hydroxylation is 1. The first-order chi connectivity index (χ1) is 13.1. The van der Waals surface area contributed by atoms with Crippen molar-refractivity contribution in [2.24, 2.45) is 0 Å². The van der Waals surface area contributed by atoms with Crippen molar-refractivity contribution < 1.29 is 0 Å². The molecule has 3 rings (SSSR count). The fourth-order valence-corrected chi connectivity index (χ4v) is 4.07. The van der Waals surface area contributed by atoms with Gasteiger partial charge in [-0.15, -0.1) is 0 Å². The van der Waals surface area contributed by atoms with Crippen LogP contribution in [0, 0.1) is 6.92 Å². The Morgan fingerprint density at radius 2 is 1.63 bits per heavy atom. The second-order valence-electron chi connectivity index (χ2n) is 7.32. The van der Waals surface area contributed by atoms with Gasteiger partial charge < -0.3 is 4.57 Å². The standard InChI is InChI=1S/C23H28Cl2N2/c1-3-4-5-6-7-8-11-14-27-22(25)21(24)26-23(27)20-16-17(2)15-18-12-9-10-13-19(18)20/h9-10,12-13,15-16H,3-8,11,14H2,1-2H3. The molecule has 27 heavy (non-hydrogen) atoms. The third kappa shape index (κ3) is 4.86. The summed E-state index contributed by atoms with van der Waals surface area (Å²) in [5.41, 5.74) is 2.31. The Bertz CT molecular complexity index is 899. The van der Waals surface area contributed by atoms with E-state index in [1.807, 2.05) is 0 Å². The Labute approximate surface area is 172 Å². The van der Waals surface area contributed by atoms with Crippen LogP contribution in [-0.4, -0.2) is 9.55 Å². The van der Waals surface area contributed by atoms with Gasteiger partial charge in [0.05, 0.1) is 0 Å². The van der Waals surface area contributed by atoms with Crippen LogP contribution in [0.5, 0.6) is 0 Å². The molecular formula is C23H28Cl2N2. The molecule has 0 aliphatic heterocycles. The normalized spacial score (nSPS) is 11.4.